The van der Waals surface area contributed by atoms with E-state index in [-0.39, 0.29) is 5.91 Å². The van der Waals surface area contributed by atoms with Crippen LogP contribution in [-0.4, -0.2) is 21.6 Å². The number of hydrazine groups is 1. The molecule has 0 radical (unpaired) electrons. The molecule has 3 rings (SSSR count). The number of amides is 1. The molecule has 0 fully saturated rings. The molecule has 1 heterocycles. The van der Waals surface area contributed by atoms with Gasteiger partial charge in [-0.05, 0) is 31.5 Å². The maximum atomic E-state index is 12.6. The number of nitrogens with zero attached hydrogens (tertiary/aromatic N) is 2. The van der Waals surface area contributed by atoms with Gasteiger partial charge < -0.3 is 0 Å². The van der Waals surface area contributed by atoms with Crippen LogP contribution in [0.25, 0.3) is 0 Å². The Kier molecular flexibility index (Phi) is 4.39. The third-order valence-corrected chi connectivity index (χ3v) is 4.53. The minimum atomic E-state index is -0.735. The first-order valence-corrected chi connectivity index (χ1v) is 8.48. The molecule has 1 amide bonds. The van der Waals surface area contributed by atoms with E-state index in [0.717, 1.165) is 11.4 Å². The Morgan fingerprint density at radius 1 is 1.04 bits per heavy atom. The number of rotatable bonds is 4. The molecule has 0 aromatic heterocycles. The molecule has 1 aliphatic heterocycles. The van der Waals surface area contributed by atoms with Crippen LogP contribution in [0.3, 0.4) is 0 Å². The quantitative estimate of drug-likeness (QED) is 0.926. The van der Waals surface area contributed by atoms with Crippen molar-refractivity contribution in [3.05, 3.63) is 66.2 Å². The van der Waals surface area contributed by atoms with Crippen molar-refractivity contribution in [2.45, 2.75) is 25.1 Å². The van der Waals surface area contributed by atoms with Gasteiger partial charge in [0.15, 0.2) is 5.17 Å². The van der Waals surface area contributed by atoms with Gasteiger partial charge in [-0.3, -0.25) is 10.2 Å². The summed E-state index contributed by atoms with van der Waals surface area (Å²) in [5, 5.41) is 2.26. The standard InChI is InChI=1S/C18H19N3OS/c1-18(2)16(22)21(20-15-11-7-4-8-12-15)17(19-18)23-13-14-9-5-3-6-10-14/h3-12,20H,13H2,1-2H3. The highest BCUT2D eigenvalue weighted by atomic mass is 32.2. The monoisotopic (exact) mass is 325 g/mol. The molecule has 2 aromatic carbocycles. The van der Waals surface area contributed by atoms with Crippen LogP contribution in [0.5, 0.6) is 0 Å². The van der Waals surface area contributed by atoms with E-state index in [4.69, 9.17) is 0 Å². The molecule has 0 saturated carbocycles. The zero-order chi connectivity index (χ0) is 16.3. The largest absolute Gasteiger partial charge is 0.289 e. The smallest absolute Gasteiger partial charge is 0.274 e. The van der Waals surface area contributed by atoms with E-state index in [1.807, 2.05) is 62.4 Å². The summed E-state index contributed by atoms with van der Waals surface area (Å²) in [5.74, 6) is 0.729. The fourth-order valence-electron chi connectivity index (χ4n) is 2.26. The molecule has 0 unspecified atom stereocenters. The van der Waals surface area contributed by atoms with Crippen LogP contribution in [0.2, 0.25) is 0 Å². The van der Waals surface area contributed by atoms with E-state index in [2.05, 4.69) is 22.6 Å². The van der Waals surface area contributed by atoms with Crippen molar-refractivity contribution in [2.24, 2.45) is 4.99 Å². The fraction of sp³-hybridized carbons (Fsp3) is 0.222. The number of amidine groups is 1. The lowest BCUT2D eigenvalue weighted by molar-refractivity contribution is -0.129. The molecular formula is C18H19N3OS. The van der Waals surface area contributed by atoms with E-state index in [1.165, 1.54) is 5.56 Å². The Bertz CT molecular complexity index is 714. The van der Waals surface area contributed by atoms with Gasteiger partial charge in [0.25, 0.3) is 5.91 Å². The number of hydrogen-bond acceptors (Lipinski definition) is 4. The van der Waals surface area contributed by atoms with Gasteiger partial charge in [0.05, 0.1) is 5.69 Å². The Hall–Kier alpha value is -2.27. The first-order valence-electron chi connectivity index (χ1n) is 7.49. The molecule has 2 aromatic rings. The Labute approximate surface area is 140 Å². The molecule has 118 valence electrons. The van der Waals surface area contributed by atoms with Gasteiger partial charge in [-0.2, -0.15) is 5.01 Å². The molecule has 0 bridgehead atoms. The molecule has 5 heteroatoms. The summed E-state index contributed by atoms with van der Waals surface area (Å²) in [7, 11) is 0. The molecule has 0 saturated heterocycles. The number of carbonyl (C=O) groups excluding carboxylic acids is 1. The molecule has 23 heavy (non-hydrogen) atoms. The van der Waals surface area contributed by atoms with E-state index in [1.54, 1.807) is 16.8 Å². The highest BCUT2D eigenvalue weighted by Gasteiger charge is 2.41. The summed E-state index contributed by atoms with van der Waals surface area (Å²) < 4.78 is 0. The number of thioether (sulfide) groups is 1. The maximum absolute atomic E-state index is 12.6. The van der Waals surface area contributed by atoms with Gasteiger partial charge >= 0.3 is 0 Å². The number of hydrogen-bond donors (Lipinski definition) is 1. The minimum Gasteiger partial charge on any atom is -0.289 e. The van der Waals surface area contributed by atoms with Gasteiger partial charge in [-0.25, -0.2) is 4.99 Å². The second kappa shape index (κ2) is 6.46. The zero-order valence-electron chi connectivity index (χ0n) is 13.2. The van der Waals surface area contributed by atoms with E-state index >= 15 is 0 Å². The van der Waals surface area contributed by atoms with Crippen LogP contribution in [0.1, 0.15) is 19.4 Å². The molecule has 0 spiro atoms. The fourth-order valence-corrected chi connectivity index (χ4v) is 3.30. The average molecular weight is 325 g/mol. The van der Waals surface area contributed by atoms with Crippen molar-refractivity contribution in [3.63, 3.8) is 0 Å². The summed E-state index contributed by atoms with van der Waals surface area (Å²) in [5.41, 5.74) is 4.50. The van der Waals surface area contributed by atoms with Crippen LogP contribution >= 0.6 is 11.8 Å². The van der Waals surface area contributed by atoms with E-state index < -0.39 is 5.54 Å². The van der Waals surface area contributed by atoms with Gasteiger partial charge in [0.1, 0.15) is 5.54 Å². The van der Waals surface area contributed by atoms with Crippen LogP contribution in [-0.2, 0) is 10.5 Å². The number of anilines is 1. The zero-order valence-corrected chi connectivity index (χ0v) is 14.0. The predicted octanol–water partition coefficient (Wildman–Crippen LogP) is 3.92. The first kappa shape index (κ1) is 15.6. The topological polar surface area (TPSA) is 44.7 Å². The SMILES string of the molecule is CC1(C)N=C(SCc2ccccc2)N(Nc2ccccc2)C1=O. The van der Waals surface area contributed by atoms with Gasteiger partial charge in [0.2, 0.25) is 0 Å². The van der Waals surface area contributed by atoms with Gasteiger partial charge in [-0.15, -0.1) is 0 Å². The third-order valence-electron chi connectivity index (χ3n) is 3.52. The van der Waals surface area contributed by atoms with Crippen LogP contribution in [0.4, 0.5) is 5.69 Å². The predicted molar refractivity (Wildman–Crippen MR) is 96.2 cm³/mol. The van der Waals surface area contributed by atoms with Crippen molar-refractivity contribution < 1.29 is 4.79 Å². The lowest BCUT2D eigenvalue weighted by atomic mass is 10.1. The molecule has 4 nitrogen and oxygen atoms in total. The molecule has 1 aliphatic rings. The highest BCUT2D eigenvalue weighted by molar-refractivity contribution is 8.13. The van der Waals surface area contributed by atoms with E-state index in [9.17, 15) is 4.79 Å². The van der Waals surface area contributed by atoms with Crippen LogP contribution < -0.4 is 5.43 Å². The van der Waals surface area contributed by atoms with Crippen molar-refractivity contribution in [1.29, 1.82) is 0 Å². The van der Waals surface area contributed by atoms with Crippen molar-refractivity contribution in [1.82, 2.24) is 5.01 Å². The molecular weight excluding hydrogens is 306 g/mol. The first-order chi connectivity index (χ1) is 11.1. The number of para-hydroxylation sites is 1. The molecule has 1 N–H and O–H groups in total. The summed E-state index contributed by atoms with van der Waals surface area (Å²) in [6.07, 6.45) is 0. The number of benzene rings is 2. The second-order valence-electron chi connectivity index (χ2n) is 5.85. The van der Waals surface area contributed by atoms with Gasteiger partial charge in [0, 0.05) is 5.75 Å². The summed E-state index contributed by atoms with van der Waals surface area (Å²) in [6.45, 7) is 3.68. The summed E-state index contributed by atoms with van der Waals surface area (Å²) >= 11 is 1.56. The van der Waals surface area contributed by atoms with Crippen LogP contribution in [0.15, 0.2) is 65.7 Å². The maximum Gasteiger partial charge on any atom is 0.274 e. The lowest BCUT2D eigenvalue weighted by Gasteiger charge is -2.22. The Morgan fingerprint density at radius 2 is 1.65 bits per heavy atom. The number of nitrogens with one attached hydrogen (secondary N) is 1. The summed E-state index contributed by atoms with van der Waals surface area (Å²) in [4.78, 5) is 17.2. The minimum absolute atomic E-state index is 0.0445. The van der Waals surface area contributed by atoms with Crippen molar-refractivity contribution in [3.8, 4) is 0 Å². The summed E-state index contributed by atoms with van der Waals surface area (Å²) in [6, 6.07) is 19.8. The molecule has 0 atom stereocenters. The Balaban J connectivity index is 1.76. The number of carbonyl (C=O) groups is 1. The van der Waals surface area contributed by atoms with Crippen molar-refractivity contribution in [2.75, 3.05) is 5.43 Å². The normalized spacial score (nSPS) is 16.3. The van der Waals surface area contributed by atoms with Gasteiger partial charge in [-0.1, -0.05) is 60.3 Å². The second-order valence-corrected chi connectivity index (χ2v) is 6.79. The average Bonchev–Trinajstić information content (AvgIpc) is 2.78. The molecule has 0 aliphatic carbocycles. The Morgan fingerprint density at radius 3 is 2.30 bits per heavy atom. The van der Waals surface area contributed by atoms with Crippen molar-refractivity contribution >= 4 is 28.5 Å². The van der Waals surface area contributed by atoms with Crippen LogP contribution in [0, 0.1) is 0 Å². The van der Waals surface area contributed by atoms with E-state index in [0.29, 0.717) is 5.17 Å². The number of aliphatic imine (C=N–C) groups is 1. The lowest BCUT2D eigenvalue weighted by Crippen LogP contribution is -2.42. The third kappa shape index (κ3) is 3.56. The highest BCUT2D eigenvalue weighted by Crippen LogP contribution is 2.29.